The molecule has 0 saturated carbocycles. The molecule has 0 bridgehead atoms. The number of nitrogens with zero attached hydrogens (tertiary/aromatic N) is 3. The van der Waals surface area contributed by atoms with E-state index in [0.717, 1.165) is 19.0 Å². The Balaban J connectivity index is 2.29. The quantitative estimate of drug-likeness (QED) is 0.595. The lowest BCUT2D eigenvalue weighted by molar-refractivity contribution is 0.442. The highest BCUT2D eigenvalue weighted by Gasteiger charge is 2.05. The summed E-state index contributed by atoms with van der Waals surface area (Å²) in [5.74, 6) is 1.35. The third-order valence-corrected chi connectivity index (χ3v) is 2.32. The monoisotopic (exact) mass is 237 g/mol. The molecule has 0 amide bonds. The molecular formula is C12H23N5. The predicted octanol–water partition coefficient (Wildman–Crippen LogP) is 1.09. The minimum Gasteiger partial charge on any atom is -0.356 e. The van der Waals surface area contributed by atoms with Crippen LogP contribution in [0.3, 0.4) is 0 Å². The van der Waals surface area contributed by atoms with E-state index in [1.807, 2.05) is 16.9 Å². The molecule has 0 aliphatic heterocycles. The molecule has 0 aliphatic rings. The van der Waals surface area contributed by atoms with Crippen molar-refractivity contribution in [3.8, 4) is 0 Å². The Morgan fingerprint density at radius 3 is 2.71 bits per heavy atom. The summed E-state index contributed by atoms with van der Waals surface area (Å²) in [7, 11) is 1.79. The van der Waals surface area contributed by atoms with E-state index in [1.54, 1.807) is 13.2 Å². The molecular weight excluding hydrogens is 214 g/mol. The molecule has 1 unspecified atom stereocenters. The van der Waals surface area contributed by atoms with Gasteiger partial charge in [-0.15, -0.1) is 0 Å². The number of hydrogen-bond donors (Lipinski definition) is 2. The van der Waals surface area contributed by atoms with E-state index in [1.165, 1.54) is 0 Å². The van der Waals surface area contributed by atoms with Crippen molar-refractivity contribution in [2.45, 2.75) is 33.4 Å². The van der Waals surface area contributed by atoms with Gasteiger partial charge in [0.2, 0.25) is 0 Å². The van der Waals surface area contributed by atoms with Gasteiger partial charge in [-0.25, -0.2) is 0 Å². The summed E-state index contributed by atoms with van der Waals surface area (Å²) in [6, 6.07) is 2.34. The maximum atomic E-state index is 4.19. The van der Waals surface area contributed by atoms with Gasteiger partial charge in [-0.3, -0.25) is 9.67 Å². The summed E-state index contributed by atoms with van der Waals surface area (Å²) >= 11 is 0. The zero-order valence-electron chi connectivity index (χ0n) is 11.1. The lowest BCUT2D eigenvalue weighted by Crippen LogP contribution is -2.43. The topological polar surface area (TPSA) is 54.2 Å². The lowest BCUT2D eigenvalue weighted by atomic mass is 10.2. The van der Waals surface area contributed by atoms with Gasteiger partial charge in [0.05, 0.1) is 0 Å². The fourth-order valence-electron chi connectivity index (χ4n) is 1.53. The molecule has 0 spiro atoms. The minimum absolute atomic E-state index is 0.391. The van der Waals surface area contributed by atoms with Gasteiger partial charge in [0.15, 0.2) is 5.96 Å². The standard InChI is InChI=1S/C12H23N5/c1-10(2)16-12(13-4)14-8-11(3)9-17-7-5-6-15-17/h5-7,10-11H,8-9H2,1-4H3,(H2,13,14,16). The van der Waals surface area contributed by atoms with Crippen molar-refractivity contribution in [2.24, 2.45) is 10.9 Å². The molecule has 0 saturated heterocycles. The van der Waals surface area contributed by atoms with Crippen LogP contribution < -0.4 is 10.6 Å². The first-order chi connectivity index (χ1) is 8.11. The minimum atomic E-state index is 0.391. The van der Waals surface area contributed by atoms with Gasteiger partial charge in [0.25, 0.3) is 0 Å². The Labute approximate surface area is 103 Å². The molecule has 2 N–H and O–H groups in total. The SMILES string of the molecule is CN=C(NCC(C)Cn1cccn1)NC(C)C. The second-order valence-electron chi connectivity index (χ2n) is 4.59. The van der Waals surface area contributed by atoms with Crippen molar-refractivity contribution in [3.05, 3.63) is 18.5 Å². The number of nitrogens with one attached hydrogen (secondary N) is 2. The first kappa shape index (κ1) is 13.5. The maximum absolute atomic E-state index is 4.19. The number of guanidine groups is 1. The molecule has 17 heavy (non-hydrogen) atoms. The molecule has 96 valence electrons. The molecule has 0 aliphatic carbocycles. The summed E-state index contributed by atoms with van der Waals surface area (Å²) in [6.45, 7) is 8.18. The van der Waals surface area contributed by atoms with Crippen LogP contribution in [0.25, 0.3) is 0 Å². The van der Waals surface area contributed by atoms with Crippen LogP contribution in [0.2, 0.25) is 0 Å². The molecule has 0 radical (unpaired) electrons. The highest BCUT2D eigenvalue weighted by Crippen LogP contribution is 1.97. The van der Waals surface area contributed by atoms with Gasteiger partial charge in [-0.2, -0.15) is 5.10 Å². The zero-order chi connectivity index (χ0) is 12.7. The zero-order valence-corrected chi connectivity index (χ0v) is 11.1. The molecule has 1 aromatic rings. The second-order valence-corrected chi connectivity index (χ2v) is 4.59. The van der Waals surface area contributed by atoms with Gasteiger partial charge >= 0.3 is 0 Å². The van der Waals surface area contributed by atoms with Crippen molar-refractivity contribution in [2.75, 3.05) is 13.6 Å². The van der Waals surface area contributed by atoms with Crippen LogP contribution in [0.4, 0.5) is 0 Å². The number of rotatable bonds is 5. The molecule has 1 rings (SSSR count). The first-order valence-electron chi connectivity index (χ1n) is 6.06. The summed E-state index contributed by atoms with van der Waals surface area (Å²) < 4.78 is 1.95. The Morgan fingerprint density at radius 1 is 1.41 bits per heavy atom. The van der Waals surface area contributed by atoms with Crippen LogP contribution in [-0.2, 0) is 6.54 Å². The Morgan fingerprint density at radius 2 is 2.18 bits per heavy atom. The fourth-order valence-corrected chi connectivity index (χ4v) is 1.53. The van der Waals surface area contributed by atoms with E-state index in [2.05, 4.69) is 41.5 Å². The number of hydrogen-bond acceptors (Lipinski definition) is 2. The van der Waals surface area contributed by atoms with Crippen molar-refractivity contribution < 1.29 is 0 Å². The largest absolute Gasteiger partial charge is 0.356 e. The summed E-state index contributed by atoms with van der Waals surface area (Å²) in [5, 5.41) is 10.8. The lowest BCUT2D eigenvalue weighted by Gasteiger charge is -2.17. The van der Waals surface area contributed by atoms with Crippen LogP contribution in [0.5, 0.6) is 0 Å². The van der Waals surface area contributed by atoms with Gasteiger partial charge in [0, 0.05) is 38.6 Å². The van der Waals surface area contributed by atoms with Crippen molar-refractivity contribution in [1.29, 1.82) is 0 Å². The Bertz CT molecular complexity index is 329. The molecule has 1 heterocycles. The Kier molecular flexibility index (Phi) is 5.52. The number of aromatic nitrogens is 2. The average molecular weight is 237 g/mol. The van der Waals surface area contributed by atoms with E-state index < -0.39 is 0 Å². The highest BCUT2D eigenvalue weighted by atomic mass is 15.3. The Hall–Kier alpha value is -1.52. The van der Waals surface area contributed by atoms with Gasteiger partial charge in [-0.05, 0) is 25.8 Å². The van der Waals surface area contributed by atoms with Crippen LogP contribution in [0.15, 0.2) is 23.5 Å². The highest BCUT2D eigenvalue weighted by molar-refractivity contribution is 5.79. The molecule has 5 heteroatoms. The third kappa shape index (κ3) is 5.38. The van der Waals surface area contributed by atoms with Gasteiger partial charge < -0.3 is 10.6 Å². The predicted molar refractivity (Wildman–Crippen MR) is 71.0 cm³/mol. The van der Waals surface area contributed by atoms with E-state index in [4.69, 9.17) is 0 Å². The molecule has 0 fully saturated rings. The van der Waals surface area contributed by atoms with Crippen LogP contribution in [0, 0.1) is 5.92 Å². The summed E-state index contributed by atoms with van der Waals surface area (Å²) in [6.07, 6.45) is 3.79. The molecule has 5 nitrogen and oxygen atoms in total. The smallest absolute Gasteiger partial charge is 0.191 e. The summed E-state index contributed by atoms with van der Waals surface area (Å²) in [4.78, 5) is 4.17. The van der Waals surface area contributed by atoms with E-state index in [9.17, 15) is 0 Å². The summed E-state index contributed by atoms with van der Waals surface area (Å²) in [5.41, 5.74) is 0. The average Bonchev–Trinajstić information content (AvgIpc) is 2.76. The van der Waals surface area contributed by atoms with Crippen molar-refractivity contribution in [3.63, 3.8) is 0 Å². The van der Waals surface area contributed by atoms with Gasteiger partial charge in [-0.1, -0.05) is 6.92 Å². The molecule has 0 aromatic carbocycles. The molecule has 1 atom stereocenters. The number of aliphatic imine (C=N–C) groups is 1. The third-order valence-electron chi connectivity index (χ3n) is 2.32. The second kappa shape index (κ2) is 6.93. The van der Waals surface area contributed by atoms with E-state index >= 15 is 0 Å². The normalized spacial score (nSPS) is 13.8. The first-order valence-corrected chi connectivity index (χ1v) is 6.06. The van der Waals surface area contributed by atoms with Crippen molar-refractivity contribution >= 4 is 5.96 Å². The maximum Gasteiger partial charge on any atom is 0.191 e. The van der Waals surface area contributed by atoms with Crippen LogP contribution >= 0.6 is 0 Å². The van der Waals surface area contributed by atoms with Gasteiger partial charge in [0.1, 0.15) is 0 Å². The molecule has 1 aromatic heterocycles. The van der Waals surface area contributed by atoms with E-state index in [-0.39, 0.29) is 0 Å². The van der Waals surface area contributed by atoms with Crippen LogP contribution in [-0.4, -0.2) is 35.4 Å². The van der Waals surface area contributed by atoms with Crippen LogP contribution in [0.1, 0.15) is 20.8 Å². The fraction of sp³-hybridized carbons (Fsp3) is 0.667. The van der Waals surface area contributed by atoms with Crippen molar-refractivity contribution in [1.82, 2.24) is 20.4 Å². The van der Waals surface area contributed by atoms with E-state index in [0.29, 0.717) is 12.0 Å².